The van der Waals surface area contributed by atoms with E-state index >= 15 is 0 Å². The molecule has 0 atom stereocenters. The summed E-state index contributed by atoms with van der Waals surface area (Å²) < 4.78 is 0. The topological polar surface area (TPSA) is 57.7 Å². The van der Waals surface area contributed by atoms with Crippen LogP contribution in [-0.2, 0) is 0 Å². The molecule has 0 spiro atoms. The molecule has 1 saturated heterocycles. The van der Waals surface area contributed by atoms with E-state index in [1.165, 1.54) is 5.56 Å². The maximum Gasteiger partial charge on any atom is 0.155 e. The van der Waals surface area contributed by atoms with E-state index in [0.29, 0.717) is 5.92 Å². The number of benzene rings is 2. The van der Waals surface area contributed by atoms with Gasteiger partial charge in [-0.2, -0.15) is 0 Å². The third-order valence-electron chi connectivity index (χ3n) is 4.95. The molecule has 1 aliphatic rings. The Morgan fingerprint density at radius 1 is 1.00 bits per heavy atom. The van der Waals surface area contributed by atoms with Crippen LogP contribution in [0.1, 0.15) is 17.3 Å². The number of imidazole rings is 1. The molecule has 5 heteroatoms. The maximum absolute atomic E-state index is 4.79. The predicted molar refractivity (Wildman–Crippen MR) is 103 cm³/mol. The molecule has 0 aliphatic carbocycles. The van der Waals surface area contributed by atoms with Crippen LogP contribution in [0.4, 0.5) is 5.82 Å². The van der Waals surface area contributed by atoms with Crippen LogP contribution < -0.4 is 4.90 Å². The molecule has 2 aromatic carbocycles. The summed E-state index contributed by atoms with van der Waals surface area (Å²) in [5.41, 5.74) is 5.42. The number of nitrogens with zero attached hydrogens (tertiary/aromatic N) is 4. The zero-order valence-corrected chi connectivity index (χ0v) is 14.6. The van der Waals surface area contributed by atoms with E-state index in [-0.39, 0.29) is 0 Å². The summed E-state index contributed by atoms with van der Waals surface area (Å²) in [6.07, 6.45) is 3.52. The van der Waals surface area contributed by atoms with Gasteiger partial charge in [0.1, 0.15) is 11.5 Å². The number of aromatic nitrogens is 4. The molecule has 5 nitrogen and oxygen atoms in total. The normalized spacial score (nSPS) is 14.6. The first kappa shape index (κ1) is 15.1. The Labute approximate surface area is 151 Å². The Balaban J connectivity index is 1.40. The molecule has 1 fully saturated rings. The lowest BCUT2D eigenvalue weighted by Gasteiger charge is -2.39. The smallest absolute Gasteiger partial charge is 0.155 e. The van der Waals surface area contributed by atoms with Gasteiger partial charge in [0, 0.05) is 31.0 Å². The van der Waals surface area contributed by atoms with Crippen LogP contribution in [0.2, 0.25) is 0 Å². The van der Waals surface area contributed by atoms with Crippen molar-refractivity contribution in [1.82, 2.24) is 19.9 Å². The monoisotopic (exact) mass is 341 g/mol. The van der Waals surface area contributed by atoms with E-state index in [1.54, 1.807) is 12.4 Å². The highest BCUT2D eigenvalue weighted by molar-refractivity contribution is 5.76. The number of rotatable bonds is 3. The summed E-state index contributed by atoms with van der Waals surface area (Å²) in [5.74, 6) is 2.40. The van der Waals surface area contributed by atoms with Gasteiger partial charge in [0.2, 0.25) is 0 Å². The molecule has 0 unspecified atom stereocenters. The van der Waals surface area contributed by atoms with Crippen molar-refractivity contribution in [1.29, 1.82) is 0 Å². The molecule has 1 aliphatic heterocycles. The van der Waals surface area contributed by atoms with Gasteiger partial charge in [-0.1, -0.05) is 36.4 Å². The highest BCUT2D eigenvalue weighted by Crippen LogP contribution is 2.34. The van der Waals surface area contributed by atoms with Crippen LogP contribution in [-0.4, -0.2) is 33.0 Å². The molecule has 1 N–H and O–H groups in total. The van der Waals surface area contributed by atoms with Gasteiger partial charge in [-0.15, -0.1) is 0 Å². The Morgan fingerprint density at radius 2 is 1.81 bits per heavy atom. The molecule has 3 heterocycles. The van der Waals surface area contributed by atoms with Crippen molar-refractivity contribution in [3.63, 3.8) is 0 Å². The lowest BCUT2D eigenvalue weighted by atomic mass is 9.98. The highest BCUT2D eigenvalue weighted by atomic mass is 15.3. The average Bonchev–Trinajstić information content (AvgIpc) is 3.04. The molecule has 0 radical (unpaired) electrons. The third-order valence-corrected chi connectivity index (χ3v) is 4.95. The average molecular weight is 341 g/mol. The van der Waals surface area contributed by atoms with Crippen molar-refractivity contribution in [2.45, 2.75) is 12.8 Å². The number of fused-ring (bicyclic) bond motifs is 1. The van der Waals surface area contributed by atoms with E-state index in [1.807, 2.05) is 18.2 Å². The van der Waals surface area contributed by atoms with Gasteiger partial charge in [-0.25, -0.2) is 9.97 Å². The number of hydrogen-bond donors (Lipinski definition) is 1. The lowest BCUT2D eigenvalue weighted by Crippen LogP contribution is -2.46. The van der Waals surface area contributed by atoms with Gasteiger partial charge in [-0.3, -0.25) is 4.98 Å². The Morgan fingerprint density at radius 3 is 2.65 bits per heavy atom. The predicted octanol–water partition coefficient (Wildman–Crippen LogP) is 3.93. The summed E-state index contributed by atoms with van der Waals surface area (Å²) in [7, 11) is 0. The van der Waals surface area contributed by atoms with Crippen LogP contribution in [0.25, 0.3) is 22.3 Å². The molecule has 0 amide bonds. The van der Waals surface area contributed by atoms with Crippen molar-refractivity contribution in [2.24, 2.45) is 0 Å². The second-order valence-corrected chi connectivity index (χ2v) is 6.84. The minimum absolute atomic E-state index is 0.397. The van der Waals surface area contributed by atoms with Gasteiger partial charge >= 0.3 is 0 Å². The summed E-state index contributed by atoms with van der Waals surface area (Å²) in [4.78, 5) is 19.7. The van der Waals surface area contributed by atoms with Gasteiger partial charge in [0.25, 0.3) is 0 Å². The van der Waals surface area contributed by atoms with Crippen molar-refractivity contribution < 1.29 is 0 Å². The van der Waals surface area contributed by atoms with Crippen molar-refractivity contribution in [3.05, 3.63) is 72.3 Å². The van der Waals surface area contributed by atoms with Gasteiger partial charge in [0.05, 0.1) is 17.0 Å². The first-order chi connectivity index (χ1) is 12.8. The largest absolute Gasteiger partial charge is 0.353 e. The summed E-state index contributed by atoms with van der Waals surface area (Å²) >= 11 is 0. The second kappa shape index (κ2) is 5.95. The van der Waals surface area contributed by atoms with Gasteiger partial charge in [-0.05, 0) is 24.6 Å². The van der Waals surface area contributed by atoms with Crippen molar-refractivity contribution in [3.8, 4) is 11.3 Å². The number of aromatic amines is 1. The van der Waals surface area contributed by atoms with Crippen molar-refractivity contribution >= 4 is 16.9 Å². The number of anilines is 1. The standard InChI is InChI=1S/C21H19N5/c1-14-7-8-17-18(11-14)25-20(24-17)16-12-26(13-16)21-19(22-9-10-23-21)15-5-3-2-4-6-15/h2-11,16H,12-13H2,1H3,(H,24,25). The number of nitrogens with one attached hydrogen (secondary N) is 1. The molecule has 5 rings (SSSR count). The SMILES string of the molecule is Cc1ccc2[nH]c(C3CN(c4nccnc4-c4ccccc4)C3)nc2c1. The van der Waals surface area contributed by atoms with Gasteiger partial charge in [0.15, 0.2) is 5.82 Å². The molecule has 128 valence electrons. The van der Waals surface area contributed by atoms with Crippen LogP contribution in [0.15, 0.2) is 60.9 Å². The molecule has 4 aromatic rings. The zero-order chi connectivity index (χ0) is 17.5. The minimum atomic E-state index is 0.397. The van der Waals surface area contributed by atoms with Crippen LogP contribution in [0.3, 0.4) is 0 Å². The van der Waals surface area contributed by atoms with E-state index < -0.39 is 0 Å². The van der Waals surface area contributed by atoms with E-state index in [9.17, 15) is 0 Å². The molecular formula is C21H19N5. The Bertz CT molecular complexity index is 1060. The maximum atomic E-state index is 4.79. The first-order valence-corrected chi connectivity index (χ1v) is 8.85. The minimum Gasteiger partial charge on any atom is -0.353 e. The molecule has 26 heavy (non-hydrogen) atoms. The van der Waals surface area contributed by atoms with Crippen molar-refractivity contribution in [2.75, 3.05) is 18.0 Å². The van der Waals surface area contributed by atoms with Crippen LogP contribution in [0, 0.1) is 6.92 Å². The fourth-order valence-corrected chi connectivity index (χ4v) is 3.52. The Hall–Kier alpha value is -3.21. The summed E-state index contributed by atoms with van der Waals surface area (Å²) in [6.45, 7) is 3.90. The summed E-state index contributed by atoms with van der Waals surface area (Å²) in [5, 5.41) is 0. The zero-order valence-electron chi connectivity index (χ0n) is 14.6. The fourth-order valence-electron chi connectivity index (χ4n) is 3.52. The second-order valence-electron chi connectivity index (χ2n) is 6.84. The number of aryl methyl sites for hydroxylation is 1. The quantitative estimate of drug-likeness (QED) is 0.613. The number of H-pyrrole nitrogens is 1. The van der Waals surface area contributed by atoms with E-state index in [4.69, 9.17) is 4.98 Å². The highest BCUT2D eigenvalue weighted by Gasteiger charge is 2.33. The van der Waals surface area contributed by atoms with Crippen LogP contribution in [0.5, 0.6) is 0 Å². The molecule has 0 saturated carbocycles. The Kier molecular flexibility index (Phi) is 3.45. The van der Waals surface area contributed by atoms with Crippen LogP contribution >= 0.6 is 0 Å². The van der Waals surface area contributed by atoms with E-state index in [2.05, 4.69) is 57.1 Å². The lowest BCUT2D eigenvalue weighted by molar-refractivity contribution is 0.501. The number of hydrogen-bond acceptors (Lipinski definition) is 4. The molecular weight excluding hydrogens is 322 g/mol. The molecule has 0 bridgehead atoms. The van der Waals surface area contributed by atoms with Gasteiger partial charge < -0.3 is 9.88 Å². The summed E-state index contributed by atoms with van der Waals surface area (Å²) in [6, 6.07) is 16.6. The third kappa shape index (κ3) is 2.52. The molecule has 2 aromatic heterocycles. The van der Waals surface area contributed by atoms with E-state index in [0.717, 1.165) is 47.0 Å². The first-order valence-electron chi connectivity index (χ1n) is 8.85. The fraction of sp³-hybridized carbons (Fsp3) is 0.190.